The molecule has 1 aliphatic heterocycles. The fourth-order valence-corrected chi connectivity index (χ4v) is 3.49. The van der Waals surface area contributed by atoms with Crippen LogP contribution in [0.1, 0.15) is 34.8 Å². The molecule has 7 nitrogen and oxygen atoms in total. The van der Waals surface area contributed by atoms with Gasteiger partial charge in [-0.15, -0.1) is 0 Å². The van der Waals surface area contributed by atoms with Gasteiger partial charge in [0.25, 0.3) is 5.95 Å². The van der Waals surface area contributed by atoms with Gasteiger partial charge in [-0.3, -0.25) is 4.79 Å². The van der Waals surface area contributed by atoms with Gasteiger partial charge in [0.15, 0.2) is 0 Å². The first-order valence-corrected chi connectivity index (χ1v) is 9.19. The van der Waals surface area contributed by atoms with Crippen LogP contribution in [0.15, 0.2) is 6.07 Å². The van der Waals surface area contributed by atoms with Crippen LogP contribution in [0, 0.1) is 27.7 Å². The van der Waals surface area contributed by atoms with Crippen LogP contribution in [-0.4, -0.2) is 68.7 Å². The van der Waals surface area contributed by atoms with Crippen molar-refractivity contribution in [3.8, 4) is 5.95 Å². The lowest BCUT2D eigenvalue weighted by Crippen LogP contribution is -2.35. The lowest BCUT2D eigenvalue weighted by atomic mass is 10.1. The van der Waals surface area contributed by atoms with Gasteiger partial charge in [-0.1, -0.05) is 0 Å². The minimum absolute atomic E-state index is 0.174. The van der Waals surface area contributed by atoms with E-state index in [0.717, 1.165) is 60.9 Å². The Kier molecular flexibility index (Phi) is 5.36. The molecule has 1 amide bonds. The van der Waals surface area contributed by atoms with Crippen molar-refractivity contribution in [3.05, 3.63) is 34.4 Å². The summed E-state index contributed by atoms with van der Waals surface area (Å²) in [6.07, 6.45) is 1.40. The fourth-order valence-electron chi connectivity index (χ4n) is 3.49. The number of carbonyl (C=O) groups excluding carboxylic acids is 1. The lowest BCUT2D eigenvalue weighted by molar-refractivity contribution is -0.130. The average Bonchev–Trinajstić information content (AvgIpc) is 2.74. The maximum absolute atomic E-state index is 12.8. The predicted molar refractivity (Wildman–Crippen MR) is 101 cm³/mol. The van der Waals surface area contributed by atoms with Gasteiger partial charge < -0.3 is 9.80 Å². The van der Waals surface area contributed by atoms with Gasteiger partial charge >= 0.3 is 0 Å². The Morgan fingerprint density at radius 1 is 1.04 bits per heavy atom. The quantitative estimate of drug-likeness (QED) is 0.836. The molecule has 3 rings (SSSR count). The molecule has 1 aliphatic rings. The molecule has 2 aromatic heterocycles. The third-order valence-corrected chi connectivity index (χ3v) is 5.00. The van der Waals surface area contributed by atoms with E-state index in [-0.39, 0.29) is 5.91 Å². The summed E-state index contributed by atoms with van der Waals surface area (Å²) in [5.41, 5.74) is 4.60. The highest BCUT2D eigenvalue weighted by Gasteiger charge is 2.22. The van der Waals surface area contributed by atoms with Crippen LogP contribution >= 0.6 is 0 Å². The Morgan fingerprint density at radius 2 is 1.73 bits per heavy atom. The molecule has 0 saturated carbocycles. The second kappa shape index (κ2) is 7.53. The van der Waals surface area contributed by atoms with Crippen LogP contribution in [0.2, 0.25) is 0 Å². The summed E-state index contributed by atoms with van der Waals surface area (Å²) in [5, 5.41) is 4.60. The highest BCUT2D eigenvalue weighted by atomic mass is 16.2. The van der Waals surface area contributed by atoms with E-state index in [9.17, 15) is 4.79 Å². The fraction of sp³-hybridized carbons (Fsp3) is 0.579. The average molecular weight is 356 g/mol. The Morgan fingerprint density at radius 3 is 2.42 bits per heavy atom. The minimum atomic E-state index is 0.174. The van der Waals surface area contributed by atoms with Crippen LogP contribution in [0.25, 0.3) is 5.95 Å². The summed E-state index contributed by atoms with van der Waals surface area (Å²) in [6.45, 7) is 11.4. The smallest absolute Gasteiger partial charge is 0.251 e. The van der Waals surface area contributed by atoms with Crippen molar-refractivity contribution < 1.29 is 4.79 Å². The van der Waals surface area contributed by atoms with Gasteiger partial charge in [0, 0.05) is 42.3 Å². The third kappa shape index (κ3) is 3.93. The van der Waals surface area contributed by atoms with Gasteiger partial charge in [0.05, 0.1) is 12.1 Å². The Labute approximate surface area is 155 Å². The van der Waals surface area contributed by atoms with Crippen molar-refractivity contribution in [1.82, 2.24) is 29.5 Å². The van der Waals surface area contributed by atoms with Crippen molar-refractivity contribution in [2.45, 2.75) is 40.5 Å². The highest BCUT2D eigenvalue weighted by Crippen LogP contribution is 2.18. The molecule has 0 atom stereocenters. The molecule has 26 heavy (non-hydrogen) atoms. The van der Waals surface area contributed by atoms with Crippen LogP contribution < -0.4 is 0 Å². The number of hydrogen-bond donors (Lipinski definition) is 0. The van der Waals surface area contributed by atoms with E-state index in [2.05, 4.69) is 27.0 Å². The number of likely N-dealkylation sites (N-methyl/N-ethyl adjacent to an activating group) is 1. The first kappa shape index (κ1) is 18.5. The number of aromatic nitrogens is 4. The molecule has 0 unspecified atom stereocenters. The van der Waals surface area contributed by atoms with E-state index in [1.807, 2.05) is 38.7 Å². The van der Waals surface area contributed by atoms with Crippen molar-refractivity contribution in [2.24, 2.45) is 0 Å². The molecule has 7 heteroatoms. The summed E-state index contributed by atoms with van der Waals surface area (Å²) >= 11 is 0. The Bertz CT molecular complexity index is 792. The summed E-state index contributed by atoms with van der Waals surface area (Å²) < 4.78 is 1.76. The number of amides is 1. The molecule has 0 radical (unpaired) electrons. The van der Waals surface area contributed by atoms with Gasteiger partial charge in [-0.05, 0) is 53.8 Å². The highest BCUT2D eigenvalue weighted by molar-refractivity contribution is 5.79. The first-order valence-electron chi connectivity index (χ1n) is 9.19. The summed E-state index contributed by atoms with van der Waals surface area (Å²) in [6, 6.07) is 1.94. The summed E-state index contributed by atoms with van der Waals surface area (Å²) in [7, 11) is 2.11. The van der Waals surface area contributed by atoms with Gasteiger partial charge in [-0.25, -0.2) is 14.6 Å². The maximum atomic E-state index is 12.8. The van der Waals surface area contributed by atoms with Crippen LogP contribution in [0.4, 0.5) is 0 Å². The zero-order valence-electron chi connectivity index (χ0n) is 16.4. The van der Waals surface area contributed by atoms with E-state index in [0.29, 0.717) is 12.4 Å². The number of nitrogens with zero attached hydrogens (tertiary/aromatic N) is 6. The molecule has 1 saturated heterocycles. The number of carbonyl (C=O) groups is 1. The number of rotatable bonds is 3. The topological polar surface area (TPSA) is 67.2 Å². The molecule has 140 valence electrons. The Hall–Kier alpha value is -2.28. The monoisotopic (exact) mass is 356 g/mol. The maximum Gasteiger partial charge on any atom is 0.251 e. The molecule has 0 spiro atoms. The Balaban J connectivity index is 1.83. The van der Waals surface area contributed by atoms with Crippen molar-refractivity contribution in [3.63, 3.8) is 0 Å². The zero-order chi connectivity index (χ0) is 18.8. The molecule has 0 aromatic carbocycles. The van der Waals surface area contributed by atoms with Crippen molar-refractivity contribution >= 4 is 5.91 Å². The molecule has 3 heterocycles. The van der Waals surface area contributed by atoms with E-state index < -0.39 is 0 Å². The van der Waals surface area contributed by atoms with Gasteiger partial charge in [0.1, 0.15) is 0 Å². The van der Waals surface area contributed by atoms with Crippen LogP contribution in [0.5, 0.6) is 0 Å². The van der Waals surface area contributed by atoms with E-state index in [1.54, 1.807) is 4.68 Å². The zero-order valence-corrected chi connectivity index (χ0v) is 16.4. The standard InChI is InChI=1S/C19H28N6O/c1-13-11-14(2)21-19(20-13)25-16(4)17(15(3)22-25)12-18(26)24-8-6-7-23(5)9-10-24/h11H,6-10,12H2,1-5H3. The van der Waals surface area contributed by atoms with Gasteiger partial charge in [-0.2, -0.15) is 5.10 Å². The molecule has 0 aliphatic carbocycles. The SMILES string of the molecule is Cc1cc(C)nc(-n2nc(C)c(CC(=O)N3CCCN(C)CC3)c2C)n1. The molecule has 1 fully saturated rings. The van der Waals surface area contributed by atoms with Crippen molar-refractivity contribution in [2.75, 3.05) is 33.2 Å². The van der Waals surface area contributed by atoms with Gasteiger partial charge in [0.2, 0.25) is 5.91 Å². The van der Waals surface area contributed by atoms with Crippen LogP contribution in [-0.2, 0) is 11.2 Å². The van der Waals surface area contributed by atoms with E-state index in [1.165, 1.54) is 0 Å². The number of aryl methyl sites for hydroxylation is 3. The van der Waals surface area contributed by atoms with Crippen LogP contribution in [0.3, 0.4) is 0 Å². The van der Waals surface area contributed by atoms with E-state index in [4.69, 9.17) is 0 Å². The molecule has 2 aromatic rings. The first-order chi connectivity index (χ1) is 12.3. The normalized spacial score (nSPS) is 16.0. The summed E-state index contributed by atoms with van der Waals surface area (Å²) in [4.78, 5) is 26.1. The number of hydrogen-bond acceptors (Lipinski definition) is 5. The molecule has 0 N–H and O–H groups in total. The third-order valence-electron chi connectivity index (χ3n) is 5.00. The molecule has 0 bridgehead atoms. The molecular formula is C19H28N6O. The molecular weight excluding hydrogens is 328 g/mol. The van der Waals surface area contributed by atoms with E-state index >= 15 is 0 Å². The summed E-state index contributed by atoms with van der Waals surface area (Å²) in [5.74, 6) is 0.741. The second-order valence-corrected chi connectivity index (χ2v) is 7.23. The second-order valence-electron chi connectivity index (χ2n) is 7.23. The predicted octanol–water partition coefficient (Wildman–Crippen LogP) is 1.60. The minimum Gasteiger partial charge on any atom is -0.341 e. The largest absolute Gasteiger partial charge is 0.341 e. The lowest BCUT2D eigenvalue weighted by Gasteiger charge is -2.20. The van der Waals surface area contributed by atoms with Crippen molar-refractivity contribution in [1.29, 1.82) is 0 Å².